The third-order valence-corrected chi connectivity index (χ3v) is 4.71. The predicted molar refractivity (Wildman–Crippen MR) is 111 cm³/mol. The zero-order valence-electron chi connectivity index (χ0n) is 15.4. The van der Waals surface area contributed by atoms with Gasteiger partial charge in [0.25, 0.3) is 5.91 Å². The van der Waals surface area contributed by atoms with Crippen molar-refractivity contribution in [1.29, 1.82) is 0 Å². The lowest BCUT2D eigenvalue weighted by Crippen LogP contribution is -2.18. The largest absolute Gasteiger partial charge is 0.457 e. The molecule has 0 atom stereocenters. The molecule has 0 aliphatic carbocycles. The van der Waals surface area contributed by atoms with Crippen molar-refractivity contribution in [3.63, 3.8) is 0 Å². The van der Waals surface area contributed by atoms with Gasteiger partial charge in [-0.25, -0.2) is 0 Å². The van der Waals surface area contributed by atoms with E-state index in [4.69, 9.17) is 4.74 Å². The van der Waals surface area contributed by atoms with Crippen molar-refractivity contribution in [3.8, 4) is 11.5 Å². The van der Waals surface area contributed by atoms with Crippen molar-refractivity contribution in [2.45, 2.75) is 6.92 Å². The molecule has 0 fully saturated rings. The molecule has 7 heteroatoms. The lowest BCUT2D eigenvalue weighted by Gasteiger charge is -2.08. The smallest absolute Gasteiger partial charge is 0.269 e. The van der Waals surface area contributed by atoms with Crippen molar-refractivity contribution < 1.29 is 14.3 Å². The fourth-order valence-electron chi connectivity index (χ4n) is 2.35. The van der Waals surface area contributed by atoms with Crippen LogP contribution in [0, 0.1) is 6.92 Å². The first-order valence-electron chi connectivity index (χ1n) is 8.54. The minimum absolute atomic E-state index is 0.205. The Balaban J connectivity index is 1.59. The number of aromatic nitrogens is 1. The maximum atomic E-state index is 12.0. The summed E-state index contributed by atoms with van der Waals surface area (Å²) in [6.45, 7) is 2.02. The fraction of sp³-hybridized carbons (Fsp3) is 0.0952. The van der Waals surface area contributed by atoms with Crippen LogP contribution in [0.2, 0.25) is 0 Å². The normalized spacial score (nSPS) is 10.6. The highest BCUT2D eigenvalue weighted by Crippen LogP contribution is 2.23. The highest BCUT2D eigenvalue weighted by atomic mass is 32.1. The van der Waals surface area contributed by atoms with E-state index in [1.807, 2.05) is 18.4 Å². The molecule has 2 amide bonds. The minimum Gasteiger partial charge on any atom is -0.457 e. The number of benzene rings is 1. The number of nitrogens with zero attached hydrogens (tertiary/aromatic N) is 1. The summed E-state index contributed by atoms with van der Waals surface area (Å²) in [7, 11) is 1.54. The molecule has 0 aliphatic rings. The average molecular weight is 393 g/mol. The second-order valence-electron chi connectivity index (χ2n) is 5.93. The Morgan fingerprint density at radius 2 is 1.89 bits per heavy atom. The summed E-state index contributed by atoms with van der Waals surface area (Å²) in [6, 6.07) is 12.2. The molecule has 0 unspecified atom stereocenters. The molecule has 3 aromatic rings. The molecule has 2 N–H and O–H groups in total. The van der Waals surface area contributed by atoms with Gasteiger partial charge in [-0.15, -0.1) is 11.3 Å². The summed E-state index contributed by atoms with van der Waals surface area (Å²) < 4.78 is 5.74. The molecule has 0 aliphatic heterocycles. The van der Waals surface area contributed by atoms with Crippen LogP contribution in [0.1, 0.15) is 20.9 Å². The second kappa shape index (κ2) is 8.96. The maximum absolute atomic E-state index is 12.0. The van der Waals surface area contributed by atoms with Crippen LogP contribution >= 0.6 is 11.3 Å². The van der Waals surface area contributed by atoms with Crippen LogP contribution in [-0.4, -0.2) is 23.8 Å². The Kier molecular flexibility index (Phi) is 6.18. The number of thiophene rings is 1. The Bertz CT molecular complexity index is 1010. The van der Waals surface area contributed by atoms with E-state index in [2.05, 4.69) is 15.6 Å². The summed E-state index contributed by atoms with van der Waals surface area (Å²) in [5.74, 6) is 0.592. The molecule has 0 bridgehead atoms. The van der Waals surface area contributed by atoms with E-state index < -0.39 is 0 Å². The topological polar surface area (TPSA) is 80.3 Å². The number of hydrogen-bond acceptors (Lipinski definition) is 5. The maximum Gasteiger partial charge on any atom is 0.269 e. The van der Waals surface area contributed by atoms with Crippen LogP contribution in [0.3, 0.4) is 0 Å². The van der Waals surface area contributed by atoms with Crippen LogP contribution in [0.4, 0.5) is 5.69 Å². The average Bonchev–Trinajstić information content (AvgIpc) is 3.13. The van der Waals surface area contributed by atoms with Gasteiger partial charge in [0.15, 0.2) is 0 Å². The molecule has 1 aromatic carbocycles. The predicted octanol–water partition coefficient (Wildman–Crippen LogP) is 4.26. The number of rotatable bonds is 6. The standard InChI is InChI=1S/C21H19N3O3S/c1-14-11-18(28-13-14)7-8-20(25)24-15-3-5-16(6-4-15)27-17-9-10-23-19(12-17)21(26)22-2/h3-13H,1-2H3,(H,22,26)(H,24,25). The number of nitrogens with one attached hydrogen (secondary N) is 2. The first-order chi connectivity index (χ1) is 13.5. The third-order valence-electron chi connectivity index (χ3n) is 3.70. The quantitative estimate of drug-likeness (QED) is 0.614. The van der Waals surface area contributed by atoms with E-state index in [0.717, 1.165) is 4.88 Å². The van der Waals surface area contributed by atoms with E-state index in [0.29, 0.717) is 17.2 Å². The number of carbonyl (C=O) groups is 2. The SMILES string of the molecule is CNC(=O)c1cc(Oc2ccc(NC(=O)C=Cc3cc(C)cs3)cc2)ccn1. The molecule has 0 saturated heterocycles. The molecule has 6 nitrogen and oxygen atoms in total. The van der Waals surface area contributed by atoms with Crippen LogP contribution in [0.25, 0.3) is 6.08 Å². The van der Waals surface area contributed by atoms with Crippen molar-refractivity contribution >= 4 is 34.9 Å². The van der Waals surface area contributed by atoms with Crippen molar-refractivity contribution in [2.24, 2.45) is 0 Å². The van der Waals surface area contributed by atoms with Crippen LogP contribution in [0.5, 0.6) is 11.5 Å². The first kappa shape index (κ1) is 19.3. The molecule has 28 heavy (non-hydrogen) atoms. The minimum atomic E-state index is -0.283. The Morgan fingerprint density at radius 1 is 1.11 bits per heavy atom. The number of anilines is 1. The van der Waals surface area contributed by atoms with E-state index in [1.165, 1.54) is 17.8 Å². The summed E-state index contributed by atoms with van der Waals surface area (Å²) in [4.78, 5) is 28.7. The van der Waals surface area contributed by atoms with Crippen molar-refractivity contribution in [3.05, 3.63) is 76.3 Å². The molecule has 2 heterocycles. The number of aryl methyl sites for hydroxylation is 1. The summed E-state index contributed by atoms with van der Waals surface area (Å²) >= 11 is 1.59. The highest BCUT2D eigenvalue weighted by molar-refractivity contribution is 7.11. The first-order valence-corrected chi connectivity index (χ1v) is 9.42. The van der Waals surface area contributed by atoms with Gasteiger partial charge in [-0.1, -0.05) is 0 Å². The van der Waals surface area contributed by atoms with Gasteiger partial charge in [0.2, 0.25) is 5.91 Å². The van der Waals surface area contributed by atoms with E-state index >= 15 is 0 Å². The number of hydrogen-bond donors (Lipinski definition) is 2. The Morgan fingerprint density at radius 3 is 2.57 bits per heavy atom. The fourth-order valence-corrected chi connectivity index (χ4v) is 3.14. The second-order valence-corrected chi connectivity index (χ2v) is 6.87. The van der Waals surface area contributed by atoms with E-state index in [9.17, 15) is 9.59 Å². The number of pyridine rings is 1. The van der Waals surface area contributed by atoms with E-state index in [1.54, 1.807) is 60.9 Å². The molecular formula is C21H19N3O3S. The van der Waals surface area contributed by atoms with Crippen LogP contribution in [-0.2, 0) is 4.79 Å². The molecule has 0 spiro atoms. The van der Waals surface area contributed by atoms with Gasteiger partial charge in [0.1, 0.15) is 17.2 Å². The van der Waals surface area contributed by atoms with Gasteiger partial charge in [0.05, 0.1) is 0 Å². The van der Waals surface area contributed by atoms with Gasteiger partial charge in [-0.3, -0.25) is 14.6 Å². The Labute approximate surface area is 166 Å². The number of amides is 2. The highest BCUT2D eigenvalue weighted by Gasteiger charge is 2.07. The lowest BCUT2D eigenvalue weighted by molar-refractivity contribution is -0.111. The van der Waals surface area contributed by atoms with Crippen molar-refractivity contribution in [1.82, 2.24) is 10.3 Å². The number of ether oxygens (including phenoxy) is 1. The van der Waals surface area contributed by atoms with Gasteiger partial charge in [-0.05, 0) is 60.3 Å². The Hall–Kier alpha value is -3.45. The molecular weight excluding hydrogens is 374 g/mol. The molecule has 0 saturated carbocycles. The van der Waals surface area contributed by atoms with Crippen molar-refractivity contribution in [2.75, 3.05) is 12.4 Å². The summed E-state index contributed by atoms with van der Waals surface area (Å²) in [5.41, 5.74) is 2.11. The summed E-state index contributed by atoms with van der Waals surface area (Å²) in [5, 5.41) is 7.36. The summed E-state index contributed by atoms with van der Waals surface area (Å²) in [6.07, 6.45) is 4.81. The van der Waals surface area contributed by atoms with Gasteiger partial charge in [-0.2, -0.15) is 0 Å². The van der Waals surface area contributed by atoms with Crippen LogP contribution < -0.4 is 15.4 Å². The van der Waals surface area contributed by atoms with Gasteiger partial charge in [0, 0.05) is 36.0 Å². The third kappa shape index (κ3) is 5.28. The lowest BCUT2D eigenvalue weighted by atomic mass is 10.3. The zero-order valence-corrected chi connectivity index (χ0v) is 16.2. The molecule has 142 valence electrons. The van der Waals surface area contributed by atoms with Crippen LogP contribution in [0.15, 0.2) is 60.1 Å². The molecule has 2 aromatic heterocycles. The zero-order chi connectivity index (χ0) is 19.9. The number of carbonyl (C=O) groups excluding carboxylic acids is 2. The molecule has 0 radical (unpaired) electrons. The van der Waals surface area contributed by atoms with E-state index in [-0.39, 0.29) is 17.5 Å². The monoisotopic (exact) mass is 393 g/mol. The molecule has 3 rings (SSSR count). The van der Waals surface area contributed by atoms with Gasteiger partial charge >= 0.3 is 0 Å². The van der Waals surface area contributed by atoms with Gasteiger partial charge < -0.3 is 15.4 Å².